The van der Waals surface area contributed by atoms with Crippen molar-refractivity contribution < 1.29 is 9.53 Å². The molecule has 2 aliphatic rings. The number of esters is 1. The van der Waals surface area contributed by atoms with Crippen LogP contribution in [0.2, 0.25) is 0 Å². The van der Waals surface area contributed by atoms with Gasteiger partial charge < -0.3 is 4.74 Å². The van der Waals surface area contributed by atoms with Crippen molar-refractivity contribution in [3.63, 3.8) is 0 Å². The second-order valence-corrected chi connectivity index (χ2v) is 8.19. The third-order valence-corrected chi connectivity index (χ3v) is 6.35. The normalized spacial score (nSPS) is 26.2. The molecule has 2 nitrogen and oxygen atoms in total. The van der Waals surface area contributed by atoms with Gasteiger partial charge in [-0.2, -0.15) is 0 Å². The molecule has 2 aliphatic carbocycles. The zero-order valence-corrected chi connectivity index (χ0v) is 16.5. The predicted molar refractivity (Wildman–Crippen MR) is 108 cm³/mol. The van der Waals surface area contributed by atoms with E-state index in [-0.39, 0.29) is 12.1 Å². The summed E-state index contributed by atoms with van der Waals surface area (Å²) in [5.74, 6) is 1.53. The molecule has 142 valence electrons. The predicted octanol–water partition coefficient (Wildman–Crippen LogP) is 6.80. The molecule has 1 fully saturated rings. The average Bonchev–Trinajstić information content (AvgIpc) is 2.69. The van der Waals surface area contributed by atoms with Gasteiger partial charge in [-0.3, -0.25) is 0 Å². The Morgan fingerprint density at radius 1 is 1.00 bits per heavy atom. The fourth-order valence-corrected chi connectivity index (χ4v) is 4.52. The zero-order chi connectivity index (χ0) is 18.4. The summed E-state index contributed by atoms with van der Waals surface area (Å²) >= 11 is 0. The van der Waals surface area contributed by atoms with Crippen molar-refractivity contribution in [2.24, 2.45) is 11.8 Å². The zero-order valence-electron chi connectivity index (χ0n) is 16.5. The van der Waals surface area contributed by atoms with E-state index in [4.69, 9.17) is 4.74 Å². The van der Waals surface area contributed by atoms with Gasteiger partial charge in [0.2, 0.25) is 0 Å². The summed E-state index contributed by atoms with van der Waals surface area (Å²) in [5.41, 5.74) is 3.39. The Labute approximate surface area is 159 Å². The molecule has 1 aromatic carbocycles. The molecule has 1 atom stereocenters. The molecule has 0 radical (unpaired) electrons. The average molecular weight is 355 g/mol. The molecular weight excluding hydrogens is 320 g/mol. The quantitative estimate of drug-likeness (QED) is 0.525. The molecule has 3 rings (SSSR count). The van der Waals surface area contributed by atoms with Gasteiger partial charge in [0.1, 0.15) is 6.10 Å². The van der Waals surface area contributed by atoms with Gasteiger partial charge in [-0.15, -0.1) is 0 Å². The van der Waals surface area contributed by atoms with Gasteiger partial charge >= 0.3 is 5.97 Å². The number of ether oxygens (including phenoxy) is 1. The molecule has 1 saturated carbocycles. The van der Waals surface area contributed by atoms with Crippen LogP contribution in [0.4, 0.5) is 0 Å². The molecule has 0 aliphatic heterocycles. The van der Waals surface area contributed by atoms with Crippen molar-refractivity contribution in [3.05, 3.63) is 41.5 Å². The third-order valence-electron chi connectivity index (χ3n) is 6.35. The Balaban J connectivity index is 1.53. The standard InChI is InChI=1S/C24H34O2/c1-3-5-19-6-10-20(11-7-19)21-12-14-22(15-13-21)24(25)26-23-16-8-18(4-2)9-17-23/h10,12-15,18-19,23H,3-9,11,16-17H2,1-2H3/t18-,19?,23-. The van der Waals surface area contributed by atoms with Crippen LogP contribution in [0.5, 0.6) is 0 Å². The van der Waals surface area contributed by atoms with Gasteiger partial charge in [0.05, 0.1) is 5.56 Å². The van der Waals surface area contributed by atoms with Crippen molar-refractivity contribution >= 4 is 11.5 Å². The molecule has 0 heterocycles. The molecule has 0 amide bonds. The highest BCUT2D eigenvalue weighted by atomic mass is 16.5. The first-order valence-corrected chi connectivity index (χ1v) is 10.7. The van der Waals surface area contributed by atoms with Gasteiger partial charge in [0, 0.05) is 0 Å². The lowest BCUT2D eigenvalue weighted by molar-refractivity contribution is 0.0164. The number of rotatable bonds is 6. The van der Waals surface area contributed by atoms with Crippen LogP contribution in [0.3, 0.4) is 0 Å². The second-order valence-electron chi connectivity index (χ2n) is 8.19. The number of carbonyl (C=O) groups is 1. The maximum atomic E-state index is 12.4. The van der Waals surface area contributed by atoms with Crippen LogP contribution in [0, 0.1) is 11.8 Å². The van der Waals surface area contributed by atoms with Crippen LogP contribution in [0.25, 0.3) is 5.57 Å². The summed E-state index contributed by atoms with van der Waals surface area (Å²) in [5, 5.41) is 0. The van der Waals surface area contributed by atoms with E-state index >= 15 is 0 Å². The number of carbonyl (C=O) groups excluding carboxylic acids is 1. The summed E-state index contributed by atoms with van der Waals surface area (Å²) in [4.78, 5) is 12.4. The van der Waals surface area contributed by atoms with Crippen molar-refractivity contribution in [2.75, 3.05) is 0 Å². The fraction of sp³-hybridized carbons (Fsp3) is 0.625. The lowest BCUT2D eigenvalue weighted by atomic mass is 9.84. The smallest absolute Gasteiger partial charge is 0.338 e. The van der Waals surface area contributed by atoms with E-state index in [1.165, 1.54) is 56.1 Å². The summed E-state index contributed by atoms with van der Waals surface area (Å²) in [6.45, 7) is 4.52. The minimum absolute atomic E-state index is 0.113. The van der Waals surface area contributed by atoms with Gasteiger partial charge in [-0.25, -0.2) is 4.79 Å². The highest BCUT2D eigenvalue weighted by molar-refractivity contribution is 5.90. The molecule has 0 saturated heterocycles. The van der Waals surface area contributed by atoms with Crippen molar-refractivity contribution in [2.45, 2.75) is 84.2 Å². The third kappa shape index (κ3) is 4.99. The maximum absolute atomic E-state index is 12.4. The Bertz CT molecular complexity index is 606. The summed E-state index contributed by atoms with van der Waals surface area (Å²) in [7, 11) is 0. The highest BCUT2D eigenvalue weighted by Gasteiger charge is 2.23. The van der Waals surface area contributed by atoms with Gasteiger partial charge in [0.15, 0.2) is 0 Å². The van der Waals surface area contributed by atoms with Gasteiger partial charge in [0.25, 0.3) is 0 Å². The van der Waals surface area contributed by atoms with Crippen molar-refractivity contribution in [1.29, 1.82) is 0 Å². The summed E-state index contributed by atoms with van der Waals surface area (Å²) < 4.78 is 5.74. The van der Waals surface area contributed by atoms with E-state index in [1.807, 2.05) is 12.1 Å². The monoisotopic (exact) mass is 354 g/mol. The van der Waals surface area contributed by atoms with E-state index in [9.17, 15) is 4.79 Å². The Morgan fingerprint density at radius 3 is 2.31 bits per heavy atom. The van der Waals surface area contributed by atoms with Crippen molar-refractivity contribution in [1.82, 2.24) is 0 Å². The first kappa shape index (κ1) is 19.2. The molecule has 1 aromatic rings. The van der Waals surface area contributed by atoms with E-state index in [0.29, 0.717) is 5.56 Å². The molecule has 0 aromatic heterocycles. The molecule has 0 spiro atoms. The van der Waals surface area contributed by atoms with Crippen LogP contribution in [0.15, 0.2) is 30.3 Å². The number of hydrogen-bond donors (Lipinski definition) is 0. The SMILES string of the molecule is CCCC1CC=C(c2ccc(C(=O)O[C@H]3CC[C@H](CC)CC3)cc2)CC1. The Morgan fingerprint density at radius 2 is 1.73 bits per heavy atom. The number of hydrogen-bond acceptors (Lipinski definition) is 2. The molecule has 0 bridgehead atoms. The Hall–Kier alpha value is -1.57. The Kier molecular flexibility index (Phi) is 6.93. The molecular formula is C24H34O2. The number of allylic oxidation sites excluding steroid dienone is 2. The first-order chi connectivity index (χ1) is 12.7. The largest absolute Gasteiger partial charge is 0.459 e. The minimum atomic E-state index is -0.155. The molecule has 0 N–H and O–H groups in total. The summed E-state index contributed by atoms with van der Waals surface area (Å²) in [6, 6.07) is 8.07. The molecule has 2 heteroatoms. The van der Waals surface area contributed by atoms with Crippen molar-refractivity contribution in [3.8, 4) is 0 Å². The number of benzene rings is 1. The minimum Gasteiger partial charge on any atom is -0.459 e. The van der Waals surface area contributed by atoms with E-state index < -0.39 is 0 Å². The highest BCUT2D eigenvalue weighted by Crippen LogP contribution is 2.33. The van der Waals surface area contributed by atoms with Gasteiger partial charge in [-0.1, -0.05) is 51.3 Å². The van der Waals surface area contributed by atoms with E-state index in [0.717, 1.165) is 31.1 Å². The molecule has 1 unspecified atom stereocenters. The van der Waals surface area contributed by atoms with Crippen LogP contribution in [-0.2, 0) is 4.74 Å². The van der Waals surface area contributed by atoms with Crippen LogP contribution < -0.4 is 0 Å². The topological polar surface area (TPSA) is 26.3 Å². The lowest BCUT2D eigenvalue weighted by Crippen LogP contribution is -2.24. The summed E-state index contributed by atoms with van der Waals surface area (Å²) in [6.07, 6.45) is 14.5. The lowest BCUT2D eigenvalue weighted by Gasteiger charge is -2.27. The van der Waals surface area contributed by atoms with E-state index in [1.54, 1.807) is 0 Å². The molecule has 26 heavy (non-hydrogen) atoms. The van der Waals surface area contributed by atoms with Crippen LogP contribution >= 0.6 is 0 Å². The fourth-order valence-electron chi connectivity index (χ4n) is 4.52. The van der Waals surface area contributed by atoms with Crippen LogP contribution in [-0.4, -0.2) is 12.1 Å². The maximum Gasteiger partial charge on any atom is 0.338 e. The van der Waals surface area contributed by atoms with E-state index in [2.05, 4.69) is 32.1 Å². The first-order valence-electron chi connectivity index (χ1n) is 10.7. The van der Waals surface area contributed by atoms with Crippen LogP contribution in [0.1, 0.15) is 94.0 Å². The van der Waals surface area contributed by atoms with Gasteiger partial charge in [-0.05, 0) is 80.1 Å². The second kappa shape index (κ2) is 9.39.